The zero-order valence-corrected chi connectivity index (χ0v) is 8.56. The van der Waals surface area contributed by atoms with Crippen LogP contribution in [0.25, 0.3) is 0 Å². The molecule has 4 nitrogen and oxygen atoms in total. The van der Waals surface area contributed by atoms with Crippen molar-refractivity contribution in [2.75, 3.05) is 13.4 Å². The number of hydrogen-bond acceptors (Lipinski definition) is 4. The van der Waals surface area contributed by atoms with E-state index in [2.05, 4.69) is 0 Å². The van der Waals surface area contributed by atoms with Gasteiger partial charge < -0.3 is 14.2 Å². The molecule has 0 aliphatic carbocycles. The van der Waals surface area contributed by atoms with E-state index >= 15 is 0 Å². The molecule has 1 heterocycles. The molecule has 0 spiro atoms. The Labute approximate surface area is 83.8 Å². The average molecular weight is 200 g/mol. The minimum atomic E-state index is -0.324. The smallest absolute Gasteiger partial charge is 0.330 e. The molecule has 1 aliphatic rings. The number of esters is 1. The molecule has 0 N–H and O–H groups in total. The highest BCUT2D eigenvalue weighted by molar-refractivity contribution is 5.81. The first-order valence-corrected chi connectivity index (χ1v) is 4.80. The second kappa shape index (κ2) is 5.78. The molecule has 0 bridgehead atoms. The van der Waals surface area contributed by atoms with Gasteiger partial charge in [-0.25, -0.2) is 4.79 Å². The summed E-state index contributed by atoms with van der Waals surface area (Å²) in [6, 6.07) is 0. The average Bonchev–Trinajstić information content (AvgIpc) is 2.15. The molecule has 0 amide bonds. The number of rotatable bonds is 3. The SMILES string of the molecule is CCOC(=O)/C=C/[C@H]1C[C@@H](C)OCO1. The fourth-order valence-electron chi connectivity index (χ4n) is 1.22. The van der Waals surface area contributed by atoms with Crippen LogP contribution in [0.3, 0.4) is 0 Å². The highest BCUT2D eigenvalue weighted by Gasteiger charge is 2.17. The van der Waals surface area contributed by atoms with Gasteiger partial charge in [0.2, 0.25) is 0 Å². The summed E-state index contributed by atoms with van der Waals surface area (Å²) in [5.41, 5.74) is 0. The quantitative estimate of drug-likeness (QED) is 0.508. The zero-order chi connectivity index (χ0) is 10.4. The predicted molar refractivity (Wildman–Crippen MR) is 50.7 cm³/mol. The Balaban J connectivity index is 2.31. The van der Waals surface area contributed by atoms with Crippen molar-refractivity contribution in [3.8, 4) is 0 Å². The molecule has 1 aliphatic heterocycles. The van der Waals surface area contributed by atoms with E-state index in [9.17, 15) is 4.79 Å². The minimum absolute atomic E-state index is 0.0387. The van der Waals surface area contributed by atoms with Crippen LogP contribution in [0.15, 0.2) is 12.2 Å². The first-order valence-electron chi connectivity index (χ1n) is 4.80. The van der Waals surface area contributed by atoms with E-state index in [1.165, 1.54) is 6.08 Å². The molecule has 0 saturated carbocycles. The number of hydrogen-bond donors (Lipinski definition) is 0. The van der Waals surface area contributed by atoms with Crippen LogP contribution in [0.5, 0.6) is 0 Å². The summed E-state index contributed by atoms with van der Waals surface area (Å²) in [6.07, 6.45) is 4.04. The fraction of sp³-hybridized carbons (Fsp3) is 0.700. The first kappa shape index (κ1) is 11.2. The van der Waals surface area contributed by atoms with Gasteiger partial charge in [-0.3, -0.25) is 0 Å². The van der Waals surface area contributed by atoms with Gasteiger partial charge in [0, 0.05) is 12.5 Å². The van der Waals surface area contributed by atoms with Crippen molar-refractivity contribution in [1.82, 2.24) is 0 Å². The molecular formula is C10H16O4. The van der Waals surface area contributed by atoms with Gasteiger partial charge in [-0.1, -0.05) is 0 Å². The third-order valence-corrected chi connectivity index (χ3v) is 1.93. The summed E-state index contributed by atoms with van der Waals surface area (Å²) in [5.74, 6) is -0.324. The van der Waals surface area contributed by atoms with E-state index in [0.717, 1.165) is 6.42 Å². The number of carbonyl (C=O) groups is 1. The van der Waals surface area contributed by atoms with E-state index in [-0.39, 0.29) is 18.2 Å². The number of ether oxygens (including phenoxy) is 3. The van der Waals surface area contributed by atoms with E-state index in [1.807, 2.05) is 6.92 Å². The lowest BCUT2D eigenvalue weighted by Gasteiger charge is -2.25. The summed E-state index contributed by atoms with van der Waals surface area (Å²) < 4.78 is 15.2. The van der Waals surface area contributed by atoms with E-state index in [1.54, 1.807) is 13.0 Å². The van der Waals surface area contributed by atoms with Crippen molar-refractivity contribution >= 4 is 5.97 Å². The van der Waals surface area contributed by atoms with Crippen LogP contribution in [-0.2, 0) is 19.0 Å². The maximum Gasteiger partial charge on any atom is 0.330 e. The van der Waals surface area contributed by atoms with Crippen molar-refractivity contribution in [3.05, 3.63) is 12.2 Å². The predicted octanol–water partition coefficient (Wildman–Crippen LogP) is 1.26. The highest BCUT2D eigenvalue weighted by Crippen LogP contribution is 2.13. The van der Waals surface area contributed by atoms with Gasteiger partial charge in [0.25, 0.3) is 0 Å². The molecule has 4 heteroatoms. The van der Waals surface area contributed by atoms with Crippen molar-refractivity contribution in [1.29, 1.82) is 0 Å². The van der Waals surface area contributed by atoms with E-state index in [4.69, 9.17) is 14.2 Å². The molecule has 14 heavy (non-hydrogen) atoms. The lowest BCUT2D eigenvalue weighted by atomic mass is 10.1. The summed E-state index contributed by atoms with van der Waals surface area (Å²) >= 11 is 0. The maximum absolute atomic E-state index is 11.0. The maximum atomic E-state index is 11.0. The van der Waals surface area contributed by atoms with Crippen LogP contribution in [0, 0.1) is 0 Å². The Morgan fingerprint density at radius 1 is 1.57 bits per heavy atom. The number of carbonyl (C=O) groups excluding carboxylic acids is 1. The molecule has 0 radical (unpaired) electrons. The molecule has 0 unspecified atom stereocenters. The van der Waals surface area contributed by atoms with Gasteiger partial charge in [0.1, 0.15) is 6.79 Å². The minimum Gasteiger partial charge on any atom is -0.463 e. The normalized spacial score (nSPS) is 27.9. The lowest BCUT2D eigenvalue weighted by molar-refractivity contribution is -0.156. The van der Waals surface area contributed by atoms with Crippen molar-refractivity contribution in [2.45, 2.75) is 32.5 Å². The standard InChI is InChI=1S/C10H16O4/c1-3-12-10(11)5-4-9-6-8(2)13-7-14-9/h4-5,8-9H,3,6-7H2,1-2H3/b5-4+/t8-,9+/m1/s1. The summed E-state index contributed by atoms with van der Waals surface area (Å²) in [6.45, 7) is 4.44. The van der Waals surface area contributed by atoms with Crippen molar-refractivity contribution in [3.63, 3.8) is 0 Å². The second-order valence-electron chi connectivity index (χ2n) is 3.15. The molecule has 1 fully saturated rings. The van der Waals surface area contributed by atoms with Gasteiger partial charge in [0.05, 0.1) is 18.8 Å². The van der Waals surface area contributed by atoms with Crippen LogP contribution in [0.2, 0.25) is 0 Å². The monoisotopic (exact) mass is 200 g/mol. The van der Waals surface area contributed by atoms with Crippen molar-refractivity contribution in [2.24, 2.45) is 0 Å². The van der Waals surface area contributed by atoms with Gasteiger partial charge in [-0.15, -0.1) is 0 Å². The summed E-state index contributed by atoms with van der Waals surface area (Å²) in [5, 5.41) is 0. The molecule has 0 aromatic heterocycles. The van der Waals surface area contributed by atoms with Crippen molar-refractivity contribution < 1.29 is 19.0 Å². The molecule has 0 aromatic carbocycles. The largest absolute Gasteiger partial charge is 0.463 e. The second-order valence-corrected chi connectivity index (χ2v) is 3.15. The van der Waals surface area contributed by atoms with Gasteiger partial charge in [0.15, 0.2) is 0 Å². The van der Waals surface area contributed by atoms with Gasteiger partial charge >= 0.3 is 5.97 Å². The molecule has 80 valence electrons. The molecule has 1 saturated heterocycles. The van der Waals surface area contributed by atoms with Crippen LogP contribution >= 0.6 is 0 Å². The Morgan fingerprint density at radius 3 is 3.00 bits per heavy atom. The third-order valence-electron chi connectivity index (χ3n) is 1.93. The third kappa shape index (κ3) is 3.89. The lowest BCUT2D eigenvalue weighted by Crippen LogP contribution is -2.28. The van der Waals surface area contributed by atoms with Crippen LogP contribution < -0.4 is 0 Å². The van der Waals surface area contributed by atoms with Crippen LogP contribution in [0.1, 0.15) is 20.3 Å². The van der Waals surface area contributed by atoms with E-state index < -0.39 is 0 Å². The van der Waals surface area contributed by atoms with Crippen LogP contribution in [0.4, 0.5) is 0 Å². The zero-order valence-electron chi connectivity index (χ0n) is 8.56. The molecule has 0 aromatic rings. The summed E-state index contributed by atoms with van der Waals surface area (Å²) in [4.78, 5) is 11.0. The Bertz CT molecular complexity index is 212. The van der Waals surface area contributed by atoms with Crippen LogP contribution in [-0.4, -0.2) is 31.6 Å². The topological polar surface area (TPSA) is 44.8 Å². The first-order chi connectivity index (χ1) is 6.72. The fourth-order valence-corrected chi connectivity index (χ4v) is 1.22. The highest BCUT2D eigenvalue weighted by atomic mass is 16.7. The Morgan fingerprint density at radius 2 is 2.36 bits per heavy atom. The van der Waals surface area contributed by atoms with E-state index in [0.29, 0.717) is 13.4 Å². The molecule has 2 atom stereocenters. The molecule has 1 rings (SSSR count). The van der Waals surface area contributed by atoms with Gasteiger partial charge in [-0.2, -0.15) is 0 Å². The Hall–Kier alpha value is -0.870. The molecular weight excluding hydrogens is 184 g/mol. The summed E-state index contributed by atoms with van der Waals surface area (Å²) in [7, 11) is 0. The Kier molecular flexibility index (Phi) is 4.62. The van der Waals surface area contributed by atoms with Gasteiger partial charge in [-0.05, 0) is 19.9 Å².